The van der Waals surface area contributed by atoms with Crippen LogP contribution in [-0.2, 0) is 17.9 Å². The summed E-state index contributed by atoms with van der Waals surface area (Å²) in [5.74, 6) is 1.33. The zero-order valence-electron chi connectivity index (χ0n) is 16.2. The van der Waals surface area contributed by atoms with Gasteiger partial charge >= 0.3 is 0 Å². The molecule has 0 unspecified atom stereocenters. The summed E-state index contributed by atoms with van der Waals surface area (Å²) in [6.45, 7) is 2.14. The maximum Gasteiger partial charge on any atom is 0.223 e. The van der Waals surface area contributed by atoms with E-state index in [0.717, 1.165) is 23.4 Å². The molecule has 1 atom stereocenters. The molecular formula is C25H23N3O. The first-order chi connectivity index (χ1) is 14.3. The first-order valence-corrected chi connectivity index (χ1v) is 10.1. The Bertz CT molecular complexity index is 1130. The minimum atomic E-state index is 0.113. The highest BCUT2D eigenvalue weighted by Crippen LogP contribution is 2.31. The van der Waals surface area contributed by atoms with Crippen LogP contribution in [0.15, 0.2) is 84.9 Å². The summed E-state index contributed by atoms with van der Waals surface area (Å²) in [5.41, 5.74) is 4.52. The fourth-order valence-corrected chi connectivity index (χ4v) is 4.24. The molecule has 0 aliphatic carbocycles. The van der Waals surface area contributed by atoms with Gasteiger partial charge in [0.2, 0.25) is 5.91 Å². The fourth-order valence-electron chi connectivity index (χ4n) is 4.24. The maximum absolute atomic E-state index is 12.7. The van der Waals surface area contributed by atoms with Gasteiger partial charge in [0.15, 0.2) is 0 Å². The van der Waals surface area contributed by atoms with Crippen molar-refractivity contribution in [3.05, 3.63) is 102 Å². The lowest BCUT2D eigenvalue weighted by Gasteiger charge is -2.17. The molecule has 1 amide bonds. The minimum absolute atomic E-state index is 0.113. The van der Waals surface area contributed by atoms with E-state index in [-0.39, 0.29) is 11.8 Å². The van der Waals surface area contributed by atoms with Gasteiger partial charge in [-0.2, -0.15) is 0 Å². The van der Waals surface area contributed by atoms with E-state index in [1.165, 1.54) is 11.1 Å². The van der Waals surface area contributed by atoms with Crippen molar-refractivity contribution in [1.29, 1.82) is 0 Å². The average molecular weight is 381 g/mol. The second kappa shape index (κ2) is 7.55. The van der Waals surface area contributed by atoms with E-state index >= 15 is 0 Å². The van der Waals surface area contributed by atoms with Gasteiger partial charge in [-0.15, -0.1) is 0 Å². The first kappa shape index (κ1) is 17.7. The molecule has 1 saturated heterocycles. The van der Waals surface area contributed by atoms with E-state index in [1.807, 2.05) is 35.2 Å². The van der Waals surface area contributed by atoms with Crippen LogP contribution < -0.4 is 0 Å². The summed E-state index contributed by atoms with van der Waals surface area (Å²) >= 11 is 0. The van der Waals surface area contributed by atoms with E-state index in [9.17, 15) is 4.79 Å². The minimum Gasteiger partial charge on any atom is -0.338 e. The van der Waals surface area contributed by atoms with Crippen LogP contribution in [0.4, 0.5) is 0 Å². The largest absolute Gasteiger partial charge is 0.338 e. The van der Waals surface area contributed by atoms with Crippen LogP contribution in [0.2, 0.25) is 0 Å². The standard InChI is InChI=1S/C25H23N3O/c29-24-15-21(18-27(24)16-19-9-3-1-4-10-19)25-26-22-13-7-8-14-23(22)28(25)17-20-11-5-2-6-12-20/h1-14,21H,15-18H2/t21-/m1/s1. The van der Waals surface area contributed by atoms with Crippen molar-refractivity contribution in [3.63, 3.8) is 0 Å². The zero-order valence-corrected chi connectivity index (χ0v) is 16.2. The normalized spacial score (nSPS) is 16.6. The third kappa shape index (κ3) is 3.54. The molecule has 4 aromatic rings. The highest BCUT2D eigenvalue weighted by molar-refractivity contribution is 5.81. The Kier molecular flexibility index (Phi) is 4.60. The Balaban J connectivity index is 1.47. The van der Waals surface area contributed by atoms with Gasteiger partial charge in [0, 0.05) is 32.0 Å². The summed E-state index contributed by atoms with van der Waals surface area (Å²) in [5, 5.41) is 0. The second-order valence-corrected chi connectivity index (χ2v) is 7.69. The fraction of sp³-hybridized carbons (Fsp3) is 0.200. The molecule has 4 nitrogen and oxygen atoms in total. The van der Waals surface area contributed by atoms with Crippen molar-refractivity contribution >= 4 is 16.9 Å². The number of hydrogen-bond acceptors (Lipinski definition) is 2. The van der Waals surface area contributed by atoms with Crippen molar-refractivity contribution in [2.75, 3.05) is 6.54 Å². The summed E-state index contributed by atoms with van der Waals surface area (Å²) in [4.78, 5) is 19.7. The molecule has 0 spiro atoms. The SMILES string of the molecule is O=C1C[C@@H](c2nc3ccccc3n2Cc2ccccc2)CN1Cc1ccccc1. The number of fused-ring (bicyclic) bond motifs is 1. The third-order valence-corrected chi connectivity index (χ3v) is 5.66. The molecule has 5 rings (SSSR count). The number of carbonyl (C=O) groups is 1. The number of amides is 1. The molecule has 1 aliphatic heterocycles. The van der Waals surface area contributed by atoms with Gasteiger partial charge in [0.05, 0.1) is 11.0 Å². The van der Waals surface area contributed by atoms with Crippen LogP contribution in [0.25, 0.3) is 11.0 Å². The Morgan fingerprint density at radius 1 is 0.793 bits per heavy atom. The van der Waals surface area contributed by atoms with E-state index in [2.05, 4.69) is 59.2 Å². The quantitative estimate of drug-likeness (QED) is 0.507. The molecule has 1 aliphatic rings. The molecule has 2 heterocycles. The molecule has 0 N–H and O–H groups in total. The first-order valence-electron chi connectivity index (χ1n) is 10.1. The number of rotatable bonds is 5. The van der Waals surface area contributed by atoms with Crippen molar-refractivity contribution in [2.45, 2.75) is 25.4 Å². The lowest BCUT2D eigenvalue weighted by Crippen LogP contribution is -2.24. The van der Waals surface area contributed by atoms with Crippen molar-refractivity contribution in [1.82, 2.24) is 14.5 Å². The summed E-state index contributed by atoms with van der Waals surface area (Å²) in [7, 11) is 0. The highest BCUT2D eigenvalue weighted by Gasteiger charge is 2.33. The van der Waals surface area contributed by atoms with Gasteiger partial charge in [-0.3, -0.25) is 4.79 Å². The molecule has 4 heteroatoms. The molecule has 0 bridgehead atoms. The van der Waals surface area contributed by atoms with E-state index in [1.54, 1.807) is 0 Å². The van der Waals surface area contributed by atoms with Crippen molar-refractivity contribution in [3.8, 4) is 0 Å². The topological polar surface area (TPSA) is 38.1 Å². The number of para-hydroxylation sites is 2. The average Bonchev–Trinajstić information content (AvgIpc) is 3.30. The Labute approximate surface area is 170 Å². The number of benzene rings is 3. The zero-order chi connectivity index (χ0) is 19.6. The van der Waals surface area contributed by atoms with Crippen LogP contribution in [0.5, 0.6) is 0 Å². The number of carbonyl (C=O) groups excluding carboxylic acids is 1. The Morgan fingerprint density at radius 3 is 2.14 bits per heavy atom. The highest BCUT2D eigenvalue weighted by atomic mass is 16.2. The molecule has 1 aromatic heterocycles. The molecule has 144 valence electrons. The monoisotopic (exact) mass is 381 g/mol. The Morgan fingerprint density at radius 2 is 1.41 bits per heavy atom. The number of likely N-dealkylation sites (tertiary alicyclic amines) is 1. The van der Waals surface area contributed by atoms with Crippen LogP contribution in [0.3, 0.4) is 0 Å². The molecule has 0 radical (unpaired) electrons. The van der Waals surface area contributed by atoms with Crippen molar-refractivity contribution < 1.29 is 4.79 Å². The number of imidazole rings is 1. The number of aromatic nitrogens is 2. The summed E-state index contributed by atoms with van der Waals surface area (Å²) < 4.78 is 2.29. The van der Waals surface area contributed by atoms with E-state index in [4.69, 9.17) is 4.98 Å². The maximum atomic E-state index is 12.7. The number of nitrogens with zero attached hydrogens (tertiary/aromatic N) is 3. The lowest BCUT2D eigenvalue weighted by molar-refractivity contribution is -0.128. The van der Waals surface area contributed by atoms with Crippen LogP contribution >= 0.6 is 0 Å². The Hall–Kier alpha value is -3.40. The van der Waals surface area contributed by atoms with Gasteiger partial charge in [-0.05, 0) is 23.3 Å². The molecule has 1 fully saturated rings. The molecule has 0 saturated carbocycles. The van der Waals surface area contributed by atoms with Crippen LogP contribution in [0, 0.1) is 0 Å². The summed E-state index contributed by atoms with van der Waals surface area (Å²) in [6, 6.07) is 28.9. The second-order valence-electron chi connectivity index (χ2n) is 7.69. The van der Waals surface area contributed by atoms with Crippen LogP contribution in [-0.4, -0.2) is 26.9 Å². The van der Waals surface area contributed by atoms with Gasteiger partial charge < -0.3 is 9.47 Å². The van der Waals surface area contributed by atoms with E-state index < -0.39 is 0 Å². The summed E-state index contributed by atoms with van der Waals surface area (Å²) in [6.07, 6.45) is 0.519. The molecule has 29 heavy (non-hydrogen) atoms. The predicted molar refractivity (Wildman–Crippen MR) is 114 cm³/mol. The molecular weight excluding hydrogens is 358 g/mol. The van der Waals surface area contributed by atoms with Gasteiger partial charge in [0.1, 0.15) is 5.82 Å². The van der Waals surface area contributed by atoms with Crippen molar-refractivity contribution in [2.24, 2.45) is 0 Å². The predicted octanol–water partition coefficient (Wildman–Crippen LogP) is 4.60. The number of hydrogen-bond donors (Lipinski definition) is 0. The van der Waals surface area contributed by atoms with Gasteiger partial charge in [0.25, 0.3) is 0 Å². The smallest absolute Gasteiger partial charge is 0.223 e. The lowest BCUT2D eigenvalue weighted by atomic mass is 10.1. The molecule has 3 aromatic carbocycles. The van der Waals surface area contributed by atoms with Gasteiger partial charge in [-0.25, -0.2) is 4.98 Å². The van der Waals surface area contributed by atoms with Crippen LogP contribution in [0.1, 0.15) is 29.3 Å². The van der Waals surface area contributed by atoms with E-state index in [0.29, 0.717) is 19.5 Å². The van der Waals surface area contributed by atoms with Gasteiger partial charge in [-0.1, -0.05) is 72.8 Å². The third-order valence-electron chi connectivity index (χ3n) is 5.66.